The van der Waals surface area contributed by atoms with Crippen LogP contribution in [0.1, 0.15) is 16.7 Å². The lowest BCUT2D eigenvalue weighted by Gasteiger charge is -2.05. The smallest absolute Gasteiger partial charge is 0.336 e. The number of anilines is 1. The molecule has 4 N–H and O–H groups in total. The van der Waals surface area contributed by atoms with E-state index in [0.717, 1.165) is 5.39 Å². The van der Waals surface area contributed by atoms with E-state index in [1.807, 2.05) is 6.07 Å². The van der Waals surface area contributed by atoms with Crippen molar-refractivity contribution in [2.24, 2.45) is 0 Å². The number of rotatable bonds is 6. The number of H-pyrrole nitrogens is 1. The topological polar surface area (TPSA) is 115 Å². The first-order chi connectivity index (χ1) is 15.0. The second-order valence-corrected chi connectivity index (χ2v) is 6.96. The highest BCUT2D eigenvalue weighted by atomic mass is 16.4. The van der Waals surface area contributed by atoms with E-state index in [-0.39, 0.29) is 23.7 Å². The molecule has 1 amide bonds. The molecule has 7 heteroatoms. The predicted molar refractivity (Wildman–Crippen MR) is 118 cm³/mol. The SMILES string of the molecule is O=C(Cc1cccc(O)c1)Nc1ccc2c(C=C(C(=O)O)c3ccccc3)c[nH]c2n1. The van der Waals surface area contributed by atoms with Crippen molar-refractivity contribution in [3.63, 3.8) is 0 Å². The van der Waals surface area contributed by atoms with Gasteiger partial charge in [0.1, 0.15) is 17.2 Å². The first kappa shape index (κ1) is 19.9. The molecule has 0 spiro atoms. The predicted octanol–water partition coefficient (Wildman–Crippen LogP) is 4.07. The third kappa shape index (κ3) is 4.62. The lowest BCUT2D eigenvalue weighted by molar-refractivity contribution is -0.130. The summed E-state index contributed by atoms with van der Waals surface area (Å²) in [5.41, 5.74) is 2.67. The number of carboxylic acids is 1. The van der Waals surface area contributed by atoms with Gasteiger partial charge in [-0.25, -0.2) is 9.78 Å². The second kappa shape index (κ2) is 8.54. The van der Waals surface area contributed by atoms with Crippen molar-refractivity contribution >= 4 is 40.4 Å². The first-order valence-corrected chi connectivity index (χ1v) is 9.56. The number of fused-ring (bicyclic) bond motifs is 1. The number of aromatic hydroxyl groups is 1. The number of carboxylic acid groups (broad SMARTS) is 1. The average molecular weight is 413 g/mol. The zero-order valence-electron chi connectivity index (χ0n) is 16.4. The van der Waals surface area contributed by atoms with Crippen LogP contribution in [-0.4, -0.2) is 32.1 Å². The maximum absolute atomic E-state index is 12.3. The van der Waals surface area contributed by atoms with Crippen LogP contribution >= 0.6 is 0 Å². The minimum atomic E-state index is -1.02. The molecule has 7 nitrogen and oxygen atoms in total. The third-order valence-corrected chi connectivity index (χ3v) is 4.73. The number of hydrogen-bond acceptors (Lipinski definition) is 4. The molecule has 154 valence electrons. The van der Waals surface area contributed by atoms with Gasteiger partial charge in [0.25, 0.3) is 0 Å². The summed E-state index contributed by atoms with van der Waals surface area (Å²) in [4.78, 5) is 31.5. The normalized spacial score (nSPS) is 11.4. The van der Waals surface area contributed by atoms with Gasteiger partial charge in [-0.3, -0.25) is 4.79 Å². The molecule has 4 aromatic rings. The Hall–Kier alpha value is -4.39. The zero-order chi connectivity index (χ0) is 21.8. The summed E-state index contributed by atoms with van der Waals surface area (Å²) in [6.45, 7) is 0. The molecule has 0 radical (unpaired) electrons. The van der Waals surface area contributed by atoms with E-state index in [2.05, 4.69) is 15.3 Å². The largest absolute Gasteiger partial charge is 0.508 e. The van der Waals surface area contributed by atoms with Gasteiger partial charge in [-0.05, 0) is 41.5 Å². The molecule has 0 fully saturated rings. The second-order valence-electron chi connectivity index (χ2n) is 6.96. The first-order valence-electron chi connectivity index (χ1n) is 9.56. The van der Waals surface area contributed by atoms with Gasteiger partial charge < -0.3 is 20.5 Å². The van der Waals surface area contributed by atoms with Gasteiger partial charge in [0.2, 0.25) is 5.91 Å². The monoisotopic (exact) mass is 413 g/mol. The van der Waals surface area contributed by atoms with Crippen LogP contribution in [0.4, 0.5) is 5.82 Å². The van der Waals surface area contributed by atoms with Gasteiger partial charge >= 0.3 is 5.97 Å². The van der Waals surface area contributed by atoms with Gasteiger partial charge in [-0.2, -0.15) is 0 Å². The highest BCUT2D eigenvalue weighted by Crippen LogP contribution is 2.25. The zero-order valence-corrected chi connectivity index (χ0v) is 16.4. The number of benzene rings is 2. The number of nitrogens with zero attached hydrogens (tertiary/aromatic N) is 1. The van der Waals surface area contributed by atoms with Crippen LogP contribution in [0, 0.1) is 0 Å². The van der Waals surface area contributed by atoms with E-state index in [1.54, 1.807) is 66.9 Å². The molecule has 2 aromatic carbocycles. The van der Waals surface area contributed by atoms with Gasteiger partial charge in [0, 0.05) is 17.1 Å². The van der Waals surface area contributed by atoms with Crippen molar-refractivity contribution in [3.05, 3.63) is 89.6 Å². The summed E-state index contributed by atoms with van der Waals surface area (Å²) >= 11 is 0. The fourth-order valence-electron chi connectivity index (χ4n) is 3.30. The Kier molecular flexibility index (Phi) is 5.49. The molecule has 0 saturated heterocycles. The summed E-state index contributed by atoms with van der Waals surface area (Å²) < 4.78 is 0. The number of phenols is 1. The number of aliphatic carboxylic acids is 1. The van der Waals surface area contributed by atoms with E-state index in [9.17, 15) is 19.8 Å². The molecule has 0 aliphatic heterocycles. The van der Waals surface area contributed by atoms with Crippen LogP contribution in [-0.2, 0) is 16.0 Å². The molecule has 0 aliphatic carbocycles. The molecular formula is C24H19N3O4. The van der Waals surface area contributed by atoms with Crippen LogP contribution < -0.4 is 5.32 Å². The molecule has 0 unspecified atom stereocenters. The molecule has 2 heterocycles. The Morgan fingerprint density at radius 1 is 1.03 bits per heavy atom. The van der Waals surface area contributed by atoms with Gasteiger partial charge in [-0.15, -0.1) is 0 Å². The van der Waals surface area contributed by atoms with E-state index >= 15 is 0 Å². The molecule has 4 rings (SSSR count). The highest BCUT2D eigenvalue weighted by Gasteiger charge is 2.13. The number of carbonyl (C=O) groups is 2. The van der Waals surface area contributed by atoms with Crippen molar-refractivity contribution in [1.82, 2.24) is 9.97 Å². The Morgan fingerprint density at radius 2 is 1.84 bits per heavy atom. The van der Waals surface area contributed by atoms with Crippen molar-refractivity contribution in [1.29, 1.82) is 0 Å². The van der Waals surface area contributed by atoms with Crippen molar-refractivity contribution < 1.29 is 19.8 Å². The molecule has 0 atom stereocenters. The van der Waals surface area contributed by atoms with Crippen LogP contribution in [0.25, 0.3) is 22.7 Å². The van der Waals surface area contributed by atoms with E-state index in [4.69, 9.17) is 0 Å². The summed E-state index contributed by atoms with van der Waals surface area (Å²) in [5, 5.41) is 22.6. The Morgan fingerprint density at radius 3 is 2.58 bits per heavy atom. The Bertz CT molecular complexity index is 1290. The minimum Gasteiger partial charge on any atom is -0.508 e. The number of aromatic nitrogens is 2. The van der Waals surface area contributed by atoms with Crippen LogP contribution in [0.3, 0.4) is 0 Å². The van der Waals surface area contributed by atoms with Gasteiger partial charge in [0.15, 0.2) is 0 Å². The number of aromatic amines is 1. The molecule has 31 heavy (non-hydrogen) atoms. The number of hydrogen-bond donors (Lipinski definition) is 4. The lowest BCUT2D eigenvalue weighted by Crippen LogP contribution is -2.15. The maximum Gasteiger partial charge on any atom is 0.336 e. The molecule has 0 bridgehead atoms. The fourth-order valence-corrected chi connectivity index (χ4v) is 3.30. The van der Waals surface area contributed by atoms with Crippen LogP contribution in [0.2, 0.25) is 0 Å². The summed E-state index contributed by atoms with van der Waals surface area (Å²) in [7, 11) is 0. The van der Waals surface area contributed by atoms with Crippen molar-refractivity contribution in [2.75, 3.05) is 5.32 Å². The molecule has 2 aromatic heterocycles. The summed E-state index contributed by atoms with van der Waals surface area (Å²) in [6, 6.07) is 18.8. The molecule has 0 saturated carbocycles. The van der Waals surface area contributed by atoms with Crippen LogP contribution in [0.15, 0.2) is 72.9 Å². The van der Waals surface area contributed by atoms with Gasteiger partial charge in [0.05, 0.1) is 12.0 Å². The minimum absolute atomic E-state index is 0.103. The number of carbonyl (C=O) groups excluding carboxylic acids is 1. The number of pyridine rings is 1. The van der Waals surface area contributed by atoms with E-state index < -0.39 is 5.97 Å². The summed E-state index contributed by atoms with van der Waals surface area (Å²) in [6.07, 6.45) is 3.38. The maximum atomic E-state index is 12.3. The molecule has 0 aliphatic rings. The third-order valence-electron chi connectivity index (χ3n) is 4.73. The number of phenolic OH excluding ortho intramolecular Hbond substituents is 1. The molecular weight excluding hydrogens is 394 g/mol. The fraction of sp³-hybridized carbons (Fsp3) is 0.0417. The van der Waals surface area contributed by atoms with Crippen molar-refractivity contribution in [2.45, 2.75) is 6.42 Å². The van der Waals surface area contributed by atoms with E-state index in [0.29, 0.717) is 28.2 Å². The highest BCUT2D eigenvalue weighted by molar-refractivity contribution is 6.21. The number of nitrogens with one attached hydrogen (secondary N) is 2. The quantitative estimate of drug-likeness (QED) is 0.356. The van der Waals surface area contributed by atoms with E-state index in [1.165, 1.54) is 6.07 Å². The lowest BCUT2D eigenvalue weighted by atomic mass is 10.0. The summed E-state index contributed by atoms with van der Waals surface area (Å²) in [5.74, 6) is -0.810. The van der Waals surface area contributed by atoms with Crippen molar-refractivity contribution in [3.8, 4) is 5.75 Å². The Labute approximate surface area is 177 Å². The number of amides is 1. The Balaban J connectivity index is 1.56. The van der Waals surface area contributed by atoms with Crippen LogP contribution in [0.5, 0.6) is 5.75 Å². The average Bonchev–Trinajstić information content (AvgIpc) is 3.14. The van der Waals surface area contributed by atoms with Gasteiger partial charge in [-0.1, -0.05) is 42.5 Å². The standard InChI is InChI=1S/C24H19N3O4/c28-18-8-4-5-15(11-18)12-22(29)26-21-10-9-19-17(14-25-23(19)27-21)13-20(24(30)31)16-6-2-1-3-7-16/h1-11,13-14,28H,12H2,(H,30,31)(H2,25,26,27,29).